The number of rotatable bonds is 8. The fraction of sp³-hybridized carbons (Fsp3) is 0.667. The molecule has 1 atom stereocenters. The van der Waals surface area contributed by atoms with Crippen molar-refractivity contribution in [1.82, 2.24) is 15.0 Å². The van der Waals surface area contributed by atoms with Crippen LogP contribution in [-0.2, 0) is 11.4 Å². The largest absolute Gasteiger partial charge is 0.493 e. The maximum atomic E-state index is 15.8. The van der Waals surface area contributed by atoms with Crippen molar-refractivity contribution in [2.45, 2.75) is 84.0 Å². The molecule has 1 aliphatic carbocycles. The molecule has 4 rings (SSSR count). The highest BCUT2D eigenvalue weighted by Gasteiger charge is 2.65. The molecule has 11 heteroatoms. The third kappa shape index (κ3) is 5.43. The molecule has 0 unspecified atom stereocenters. The average molecular weight is 538 g/mol. The minimum Gasteiger partial charge on any atom is -0.493 e. The van der Waals surface area contributed by atoms with E-state index in [0.717, 1.165) is 4.90 Å². The van der Waals surface area contributed by atoms with Gasteiger partial charge in [-0.2, -0.15) is 13.8 Å². The van der Waals surface area contributed by atoms with E-state index in [1.807, 2.05) is 27.7 Å². The number of aliphatic hydroxyl groups is 1. The highest BCUT2D eigenvalue weighted by atomic mass is 19.3. The first-order valence-electron chi connectivity index (χ1n) is 12.8. The van der Waals surface area contributed by atoms with Gasteiger partial charge in [0.2, 0.25) is 11.7 Å². The van der Waals surface area contributed by atoms with Crippen LogP contribution < -0.4 is 14.2 Å². The van der Waals surface area contributed by atoms with Crippen molar-refractivity contribution in [2.75, 3.05) is 20.8 Å². The highest BCUT2D eigenvalue weighted by molar-refractivity contribution is 5.85. The standard InChI is InChI=1S/C27H37F2N3O6/c1-24(2)14-25(3,4)16-26(34,15-24)27(28,29)23(33)32-11-7-8-18(32)22-30-21(31-38-22)13-37-17-9-10-19(35-5)20(12-17)36-6/h9-10,12,18,34H,7-8,11,13-16H2,1-6H3/t18-/m0/s1. The molecule has 2 fully saturated rings. The molecule has 1 aromatic carbocycles. The Balaban J connectivity index is 1.48. The Morgan fingerprint density at radius 3 is 2.42 bits per heavy atom. The number of nitrogens with zero attached hydrogens (tertiary/aromatic N) is 3. The molecule has 38 heavy (non-hydrogen) atoms. The number of methoxy groups -OCH3 is 2. The second-order valence-corrected chi connectivity index (χ2v) is 12.0. The van der Waals surface area contributed by atoms with Crippen molar-refractivity contribution < 1.29 is 37.4 Å². The van der Waals surface area contributed by atoms with E-state index in [9.17, 15) is 9.90 Å². The number of ether oxygens (including phenoxy) is 3. The number of alkyl halides is 2. The first kappa shape index (κ1) is 28.1. The number of benzene rings is 1. The summed E-state index contributed by atoms with van der Waals surface area (Å²) in [7, 11) is 3.04. The quantitative estimate of drug-likeness (QED) is 0.505. The number of aromatic nitrogens is 2. The van der Waals surface area contributed by atoms with Crippen LogP contribution in [0, 0.1) is 10.8 Å². The SMILES string of the molecule is COc1ccc(OCc2noc([C@@H]3CCCN3C(=O)C(F)(F)C3(O)CC(C)(C)CC(C)(C)C3)n2)cc1OC. The summed E-state index contributed by atoms with van der Waals surface area (Å²) in [6.07, 6.45) is 1.24. The van der Waals surface area contributed by atoms with Crippen molar-refractivity contribution in [3.63, 3.8) is 0 Å². The van der Waals surface area contributed by atoms with Crippen LogP contribution in [-0.4, -0.2) is 58.3 Å². The Bertz CT molecular complexity index is 1150. The lowest BCUT2D eigenvalue weighted by Gasteiger charge is -2.51. The van der Waals surface area contributed by atoms with Gasteiger partial charge in [0.05, 0.1) is 14.2 Å². The summed E-state index contributed by atoms with van der Waals surface area (Å²) < 4.78 is 53.1. The molecule has 1 amide bonds. The number of carbonyl (C=O) groups excluding carboxylic acids is 1. The Hall–Kier alpha value is -2.95. The predicted molar refractivity (Wildman–Crippen MR) is 133 cm³/mol. The predicted octanol–water partition coefficient (Wildman–Crippen LogP) is 4.93. The minimum absolute atomic E-state index is 0.0419. The van der Waals surface area contributed by atoms with E-state index >= 15 is 8.78 Å². The van der Waals surface area contributed by atoms with E-state index in [4.69, 9.17) is 18.7 Å². The maximum absolute atomic E-state index is 15.8. The van der Waals surface area contributed by atoms with Crippen LogP contribution in [0.2, 0.25) is 0 Å². The molecule has 1 aromatic heterocycles. The Morgan fingerprint density at radius 2 is 1.79 bits per heavy atom. The molecule has 1 N–H and O–H groups in total. The zero-order valence-electron chi connectivity index (χ0n) is 22.8. The fourth-order valence-electron chi connectivity index (χ4n) is 6.45. The van der Waals surface area contributed by atoms with Gasteiger partial charge in [0.15, 0.2) is 18.1 Å². The van der Waals surface area contributed by atoms with E-state index in [-0.39, 0.29) is 37.7 Å². The van der Waals surface area contributed by atoms with Gasteiger partial charge in [-0.15, -0.1) is 0 Å². The van der Waals surface area contributed by atoms with Crippen LogP contribution in [0.5, 0.6) is 17.2 Å². The van der Waals surface area contributed by atoms with Gasteiger partial charge in [0.25, 0.3) is 5.91 Å². The molecule has 9 nitrogen and oxygen atoms in total. The summed E-state index contributed by atoms with van der Waals surface area (Å²) >= 11 is 0. The van der Waals surface area contributed by atoms with Crippen LogP contribution in [0.4, 0.5) is 8.78 Å². The summed E-state index contributed by atoms with van der Waals surface area (Å²) in [5.74, 6) is -3.58. The molecule has 0 radical (unpaired) electrons. The normalized spacial score (nSPS) is 22.2. The molecule has 2 aromatic rings. The topological polar surface area (TPSA) is 107 Å². The molecule has 1 saturated heterocycles. The third-order valence-electron chi connectivity index (χ3n) is 7.36. The lowest BCUT2D eigenvalue weighted by atomic mass is 9.58. The molecule has 1 saturated carbocycles. The number of carbonyl (C=O) groups is 1. The lowest BCUT2D eigenvalue weighted by Crippen LogP contribution is -2.62. The molecule has 1 aliphatic heterocycles. The number of hydrogen-bond acceptors (Lipinski definition) is 8. The molecular weight excluding hydrogens is 500 g/mol. The summed E-state index contributed by atoms with van der Waals surface area (Å²) in [6.45, 7) is 7.47. The second-order valence-electron chi connectivity index (χ2n) is 12.0. The van der Waals surface area contributed by atoms with Crippen molar-refractivity contribution in [1.29, 1.82) is 0 Å². The summed E-state index contributed by atoms with van der Waals surface area (Å²) in [5, 5.41) is 15.1. The first-order chi connectivity index (χ1) is 17.7. The second kappa shape index (κ2) is 9.98. The Kier molecular flexibility index (Phi) is 7.37. The maximum Gasteiger partial charge on any atom is 0.352 e. The first-order valence-corrected chi connectivity index (χ1v) is 12.8. The monoisotopic (exact) mass is 537 g/mol. The number of halogens is 2. The van der Waals surface area contributed by atoms with Crippen LogP contribution in [0.3, 0.4) is 0 Å². The van der Waals surface area contributed by atoms with Crippen LogP contribution >= 0.6 is 0 Å². The molecular formula is C27H37F2N3O6. The number of likely N-dealkylation sites (tertiary alicyclic amines) is 1. The molecule has 210 valence electrons. The van der Waals surface area contributed by atoms with E-state index in [1.54, 1.807) is 18.2 Å². The number of hydrogen-bond donors (Lipinski definition) is 1. The van der Waals surface area contributed by atoms with Crippen molar-refractivity contribution >= 4 is 5.91 Å². The zero-order valence-corrected chi connectivity index (χ0v) is 22.8. The average Bonchev–Trinajstić information content (AvgIpc) is 3.49. The van der Waals surface area contributed by atoms with Gasteiger partial charge in [-0.25, -0.2) is 0 Å². The summed E-state index contributed by atoms with van der Waals surface area (Å²) in [4.78, 5) is 18.7. The van der Waals surface area contributed by atoms with Crippen molar-refractivity contribution in [2.24, 2.45) is 10.8 Å². The molecule has 2 heterocycles. The van der Waals surface area contributed by atoms with Crippen LogP contribution in [0.1, 0.15) is 77.6 Å². The fourth-order valence-corrected chi connectivity index (χ4v) is 6.45. The molecule has 0 spiro atoms. The number of amides is 1. The smallest absolute Gasteiger partial charge is 0.352 e. The third-order valence-corrected chi connectivity index (χ3v) is 7.36. The van der Waals surface area contributed by atoms with Crippen LogP contribution in [0.25, 0.3) is 0 Å². The minimum atomic E-state index is -3.97. The van der Waals surface area contributed by atoms with Crippen molar-refractivity contribution in [3.8, 4) is 17.2 Å². The van der Waals surface area contributed by atoms with Gasteiger partial charge >= 0.3 is 5.92 Å². The highest BCUT2D eigenvalue weighted by Crippen LogP contribution is 2.55. The molecule has 0 bridgehead atoms. The van der Waals surface area contributed by atoms with E-state index in [1.165, 1.54) is 14.2 Å². The zero-order chi connectivity index (χ0) is 27.9. The van der Waals surface area contributed by atoms with E-state index in [2.05, 4.69) is 10.1 Å². The van der Waals surface area contributed by atoms with Gasteiger partial charge in [-0.3, -0.25) is 4.79 Å². The van der Waals surface area contributed by atoms with E-state index < -0.39 is 34.3 Å². The van der Waals surface area contributed by atoms with Gasteiger partial charge in [0.1, 0.15) is 17.4 Å². The van der Waals surface area contributed by atoms with Crippen molar-refractivity contribution in [3.05, 3.63) is 29.9 Å². The van der Waals surface area contributed by atoms with Gasteiger partial charge < -0.3 is 28.7 Å². The summed E-state index contributed by atoms with van der Waals surface area (Å²) in [6, 6.07) is 4.24. The van der Waals surface area contributed by atoms with Gasteiger partial charge in [-0.05, 0) is 55.1 Å². The van der Waals surface area contributed by atoms with E-state index in [0.29, 0.717) is 36.5 Å². The molecule has 2 aliphatic rings. The van der Waals surface area contributed by atoms with Crippen LogP contribution in [0.15, 0.2) is 22.7 Å². The van der Waals surface area contributed by atoms with Gasteiger partial charge in [0, 0.05) is 12.6 Å². The van der Waals surface area contributed by atoms with Gasteiger partial charge in [-0.1, -0.05) is 32.9 Å². The Labute approximate surface area is 221 Å². The lowest BCUT2D eigenvalue weighted by molar-refractivity contribution is -0.231. The Morgan fingerprint density at radius 1 is 1.13 bits per heavy atom. The summed E-state index contributed by atoms with van der Waals surface area (Å²) in [5.41, 5.74) is -3.53.